The lowest BCUT2D eigenvalue weighted by Gasteiger charge is -2.06. The first kappa shape index (κ1) is 10.9. The van der Waals surface area contributed by atoms with Gasteiger partial charge in [-0.2, -0.15) is 0 Å². The van der Waals surface area contributed by atoms with Gasteiger partial charge in [0, 0.05) is 10.4 Å². The van der Waals surface area contributed by atoms with Crippen molar-refractivity contribution in [3.8, 4) is 0 Å². The molecule has 0 fully saturated rings. The summed E-state index contributed by atoms with van der Waals surface area (Å²) in [6.45, 7) is 2.06. The lowest BCUT2D eigenvalue weighted by Crippen LogP contribution is -1.92. The zero-order valence-corrected chi connectivity index (χ0v) is 11.0. The van der Waals surface area contributed by atoms with Crippen molar-refractivity contribution in [2.75, 3.05) is 6.26 Å². The summed E-state index contributed by atoms with van der Waals surface area (Å²) in [6.07, 6.45) is 2.00. The van der Waals surface area contributed by atoms with Crippen LogP contribution in [-0.4, -0.2) is 20.9 Å². The number of halogens is 1. The number of benzene rings is 1. The summed E-state index contributed by atoms with van der Waals surface area (Å²) in [5.41, 5.74) is 3.13. The van der Waals surface area contributed by atoms with E-state index in [0.29, 0.717) is 0 Å². The van der Waals surface area contributed by atoms with E-state index in [2.05, 4.69) is 21.5 Å². The smallest absolute Gasteiger partial charge is 0.195 e. The van der Waals surface area contributed by atoms with Gasteiger partial charge in [-0.05, 0) is 43.0 Å². The van der Waals surface area contributed by atoms with E-state index in [1.807, 2.05) is 30.5 Å². The molecule has 0 N–H and O–H groups in total. The Labute approximate surface area is 108 Å². The summed E-state index contributed by atoms with van der Waals surface area (Å²) in [6, 6.07) is 7.93. The van der Waals surface area contributed by atoms with Crippen LogP contribution < -0.4 is 0 Å². The van der Waals surface area contributed by atoms with Gasteiger partial charge in [0.15, 0.2) is 10.8 Å². The monoisotopic (exact) mass is 263 g/mol. The second-order valence-electron chi connectivity index (χ2n) is 3.87. The maximum atomic E-state index is 6.04. The van der Waals surface area contributed by atoms with E-state index >= 15 is 0 Å². The van der Waals surface area contributed by atoms with E-state index in [9.17, 15) is 0 Å². The zero-order valence-electron chi connectivity index (χ0n) is 9.44. The second kappa shape index (κ2) is 3.89. The molecule has 0 spiro atoms. The van der Waals surface area contributed by atoms with Gasteiger partial charge in [-0.3, -0.25) is 4.40 Å². The minimum absolute atomic E-state index is 0.749. The normalized spacial score (nSPS) is 11.5. The molecule has 0 radical (unpaired) electrons. The Kier molecular flexibility index (Phi) is 2.49. The Morgan fingerprint density at radius 2 is 2.06 bits per heavy atom. The minimum Gasteiger partial charge on any atom is -0.270 e. The molecule has 0 aliphatic rings. The highest BCUT2D eigenvalue weighted by molar-refractivity contribution is 7.98. The summed E-state index contributed by atoms with van der Waals surface area (Å²) in [4.78, 5) is 0. The van der Waals surface area contributed by atoms with Crippen molar-refractivity contribution in [3.63, 3.8) is 0 Å². The van der Waals surface area contributed by atoms with Gasteiger partial charge in [0.1, 0.15) is 0 Å². The van der Waals surface area contributed by atoms with Crippen molar-refractivity contribution in [2.45, 2.75) is 12.1 Å². The maximum Gasteiger partial charge on any atom is 0.195 e. The Balaban J connectivity index is 2.56. The first-order chi connectivity index (χ1) is 8.20. The highest BCUT2D eigenvalue weighted by atomic mass is 35.5. The van der Waals surface area contributed by atoms with Crippen molar-refractivity contribution >= 4 is 39.9 Å². The Morgan fingerprint density at radius 1 is 1.24 bits per heavy atom. The number of aromatic nitrogens is 3. The molecule has 17 heavy (non-hydrogen) atoms. The lowest BCUT2D eigenvalue weighted by atomic mass is 10.1. The number of fused-ring (bicyclic) bond motifs is 3. The van der Waals surface area contributed by atoms with Crippen molar-refractivity contribution in [3.05, 3.63) is 34.9 Å². The van der Waals surface area contributed by atoms with Crippen LogP contribution >= 0.6 is 23.4 Å². The third kappa shape index (κ3) is 1.59. The molecular formula is C12H10ClN3S. The van der Waals surface area contributed by atoms with Crippen LogP contribution in [0, 0.1) is 6.92 Å². The molecule has 5 heteroatoms. The van der Waals surface area contributed by atoms with Gasteiger partial charge in [0.05, 0.1) is 5.52 Å². The van der Waals surface area contributed by atoms with E-state index in [0.717, 1.165) is 32.3 Å². The quantitative estimate of drug-likeness (QED) is 0.629. The number of hydrogen-bond donors (Lipinski definition) is 0. The summed E-state index contributed by atoms with van der Waals surface area (Å²) in [7, 11) is 0. The third-order valence-corrected chi connectivity index (χ3v) is 3.68. The molecule has 0 aliphatic heterocycles. The molecular weight excluding hydrogens is 254 g/mol. The highest BCUT2D eigenvalue weighted by Crippen LogP contribution is 2.26. The maximum absolute atomic E-state index is 6.04. The molecule has 0 atom stereocenters. The molecule has 86 valence electrons. The van der Waals surface area contributed by atoms with Crippen LogP contribution in [0.5, 0.6) is 0 Å². The first-order valence-corrected chi connectivity index (χ1v) is 6.79. The fourth-order valence-corrected chi connectivity index (χ4v) is 2.69. The summed E-state index contributed by atoms with van der Waals surface area (Å²) < 4.78 is 2.06. The molecule has 3 rings (SSSR count). The zero-order chi connectivity index (χ0) is 12.0. The van der Waals surface area contributed by atoms with E-state index in [4.69, 9.17) is 11.6 Å². The molecule has 1 aromatic carbocycles. The Hall–Kier alpha value is -1.26. The topological polar surface area (TPSA) is 30.2 Å². The fourth-order valence-electron chi connectivity index (χ4n) is 2.02. The van der Waals surface area contributed by atoms with Gasteiger partial charge in [-0.15, -0.1) is 10.2 Å². The number of rotatable bonds is 1. The van der Waals surface area contributed by atoms with Crippen molar-refractivity contribution in [2.24, 2.45) is 0 Å². The van der Waals surface area contributed by atoms with Crippen molar-refractivity contribution in [1.29, 1.82) is 0 Å². The van der Waals surface area contributed by atoms with Gasteiger partial charge in [-0.25, -0.2) is 0 Å². The molecule has 0 amide bonds. The van der Waals surface area contributed by atoms with Gasteiger partial charge in [0.25, 0.3) is 0 Å². The fraction of sp³-hybridized carbons (Fsp3) is 0.167. The first-order valence-electron chi connectivity index (χ1n) is 5.18. The van der Waals surface area contributed by atoms with Crippen LogP contribution in [0.3, 0.4) is 0 Å². The van der Waals surface area contributed by atoms with E-state index < -0.39 is 0 Å². The molecule has 2 aromatic heterocycles. The standard InChI is InChI=1S/C12H10ClN3S/c1-7-5-11-14-15-12(17-2)16(11)10-4-3-8(13)6-9(7)10/h3-6H,1-2H3. The van der Waals surface area contributed by atoms with Crippen LogP contribution in [0.2, 0.25) is 5.02 Å². The van der Waals surface area contributed by atoms with E-state index in [1.165, 1.54) is 0 Å². The van der Waals surface area contributed by atoms with Crippen LogP contribution in [-0.2, 0) is 0 Å². The molecule has 0 bridgehead atoms. The lowest BCUT2D eigenvalue weighted by molar-refractivity contribution is 0.943. The van der Waals surface area contributed by atoms with Gasteiger partial charge in [-0.1, -0.05) is 23.4 Å². The predicted octanol–water partition coefficient (Wildman–Crippen LogP) is 3.57. The Morgan fingerprint density at radius 3 is 2.82 bits per heavy atom. The number of hydrogen-bond acceptors (Lipinski definition) is 3. The number of aryl methyl sites for hydroxylation is 1. The van der Waals surface area contributed by atoms with Crippen molar-refractivity contribution in [1.82, 2.24) is 14.6 Å². The van der Waals surface area contributed by atoms with Crippen LogP contribution in [0.1, 0.15) is 5.56 Å². The largest absolute Gasteiger partial charge is 0.270 e. The third-order valence-electron chi connectivity index (χ3n) is 2.81. The second-order valence-corrected chi connectivity index (χ2v) is 5.08. The molecule has 0 aliphatic carbocycles. The SMILES string of the molecule is CSc1nnc2cc(C)c3cc(Cl)ccc3n12. The molecule has 3 nitrogen and oxygen atoms in total. The number of thioether (sulfide) groups is 1. The predicted molar refractivity (Wildman–Crippen MR) is 72.0 cm³/mol. The van der Waals surface area contributed by atoms with Crippen LogP contribution in [0.15, 0.2) is 29.4 Å². The summed E-state index contributed by atoms with van der Waals surface area (Å²) in [5, 5.41) is 11.1. The molecule has 0 unspecified atom stereocenters. The minimum atomic E-state index is 0.749. The summed E-state index contributed by atoms with van der Waals surface area (Å²) >= 11 is 7.63. The number of nitrogens with zero attached hydrogens (tertiary/aromatic N) is 3. The van der Waals surface area contributed by atoms with Gasteiger partial charge >= 0.3 is 0 Å². The molecule has 0 saturated carbocycles. The molecule has 2 heterocycles. The Bertz CT molecular complexity index is 720. The highest BCUT2D eigenvalue weighted by Gasteiger charge is 2.10. The van der Waals surface area contributed by atoms with Gasteiger partial charge in [0.2, 0.25) is 0 Å². The average molecular weight is 264 g/mol. The molecule has 0 saturated heterocycles. The number of pyridine rings is 1. The molecule has 3 aromatic rings. The van der Waals surface area contributed by atoms with Crippen molar-refractivity contribution < 1.29 is 0 Å². The summed E-state index contributed by atoms with van der Waals surface area (Å²) in [5.74, 6) is 0. The van der Waals surface area contributed by atoms with E-state index in [-0.39, 0.29) is 0 Å². The van der Waals surface area contributed by atoms with E-state index in [1.54, 1.807) is 11.8 Å². The van der Waals surface area contributed by atoms with Crippen LogP contribution in [0.4, 0.5) is 0 Å². The van der Waals surface area contributed by atoms with Gasteiger partial charge < -0.3 is 0 Å². The average Bonchev–Trinajstić information content (AvgIpc) is 2.72. The van der Waals surface area contributed by atoms with Crippen LogP contribution in [0.25, 0.3) is 16.6 Å².